The molecule has 1 N–H and O–H groups in total. The van der Waals surface area contributed by atoms with E-state index in [9.17, 15) is 14.7 Å². The number of aromatic carboxylic acids is 1. The van der Waals surface area contributed by atoms with Crippen LogP contribution < -0.4 is 0 Å². The number of carbonyl (C=O) groups excluding carboxylic acids is 1. The molecule has 28 heavy (non-hydrogen) atoms. The molecule has 148 valence electrons. The zero-order chi connectivity index (χ0) is 20.5. The third kappa shape index (κ3) is 4.38. The predicted molar refractivity (Wildman–Crippen MR) is 107 cm³/mol. The fourth-order valence-electron chi connectivity index (χ4n) is 3.64. The second-order valence-electron chi connectivity index (χ2n) is 8.45. The highest BCUT2D eigenvalue weighted by Gasteiger charge is 2.32. The molecule has 1 atom stereocenters. The number of hydrogen-bond donors (Lipinski definition) is 1. The SMILES string of the molecule is Cc1nc(-c2cccc(C(=O)O)c2)cc(C2CCCN(C(=O)C(C)(C)C)C2)n1. The normalized spacial score (nSPS) is 17.4. The van der Waals surface area contributed by atoms with E-state index in [1.807, 2.05) is 44.7 Å². The molecule has 3 rings (SSSR count). The van der Waals surface area contributed by atoms with Crippen LogP contribution in [0.4, 0.5) is 0 Å². The zero-order valence-electron chi connectivity index (χ0n) is 16.9. The lowest BCUT2D eigenvalue weighted by Gasteiger charge is -2.36. The number of aromatic nitrogens is 2. The van der Waals surface area contributed by atoms with Crippen molar-refractivity contribution in [3.05, 3.63) is 47.4 Å². The Balaban J connectivity index is 1.90. The van der Waals surface area contributed by atoms with E-state index in [0.29, 0.717) is 18.1 Å². The second-order valence-corrected chi connectivity index (χ2v) is 8.45. The number of piperidine rings is 1. The topological polar surface area (TPSA) is 83.4 Å². The molecule has 1 aromatic heterocycles. The predicted octanol–water partition coefficient (Wildman–Crippen LogP) is 3.90. The van der Waals surface area contributed by atoms with E-state index in [1.54, 1.807) is 18.2 Å². The number of aryl methyl sites for hydroxylation is 1. The van der Waals surface area contributed by atoms with Crippen LogP contribution in [0, 0.1) is 12.3 Å². The van der Waals surface area contributed by atoms with E-state index in [4.69, 9.17) is 0 Å². The van der Waals surface area contributed by atoms with Gasteiger partial charge in [0.2, 0.25) is 5.91 Å². The lowest BCUT2D eigenvalue weighted by atomic mass is 9.89. The molecule has 1 aliphatic rings. The molecular weight excluding hydrogens is 354 g/mol. The van der Waals surface area contributed by atoms with Crippen molar-refractivity contribution in [1.29, 1.82) is 0 Å². The number of benzene rings is 1. The van der Waals surface area contributed by atoms with Crippen molar-refractivity contribution in [2.45, 2.75) is 46.5 Å². The van der Waals surface area contributed by atoms with E-state index < -0.39 is 11.4 Å². The summed E-state index contributed by atoms with van der Waals surface area (Å²) in [5.74, 6) is 0.00415. The molecule has 6 nitrogen and oxygen atoms in total. The molecule has 1 fully saturated rings. The maximum Gasteiger partial charge on any atom is 0.335 e. The first-order valence-electron chi connectivity index (χ1n) is 9.64. The van der Waals surface area contributed by atoms with Crippen LogP contribution in [0.15, 0.2) is 30.3 Å². The molecule has 0 bridgehead atoms. The largest absolute Gasteiger partial charge is 0.478 e. The highest BCUT2D eigenvalue weighted by molar-refractivity contribution is 5.89. The quantitative estimate of drug-likeness (QED) is 0.872. The second kappa shape index (κ2) is 7.70. The number of likely N-dealkylation sites (tertiary alicyclic amines) is 1. The van der Waals surface area contributed by atoms with Crippen LogP contribution in [-0.2, 0) is 4.79 Å². The molecule has 0 spiro atoms. The highest BCUT2D eigenvalue weighted by atomic mass is 16.4. The van der Waals surface area contributed by atoms with Gasteiger partial charge in [-0.15, -0.1) is 0 Å². The van der Waals surface area contributed by atoms with Crippen LogP contribution in [0.1, 0.15) is 61.4 Å². The van der Waals surface area contributed by atoms with Crippen LogP contribution in [0.25, 0.3) is 11.3 Å². The molecule has 6 heteroatoms. The van der Waals surface area contributed by atoms with E-state index in [2.05, 4.69) is 9.97 Å². The molecule has 1 aromatic carbocycles. The van der Waals surface area contributed by atoms with E-state index >= 15 is 0 Å². The summed E-state index contributed by atoms with van der Waals surface area (Å²) in [5.41, 5.74) is 2.21. The van der Waals surface area contributed by atoms with Gasteiger partial charge in [-0.3, -0.25) is 4.79 Å². The number of nitrogens with zero attached hydrogens (tertiary/aromatic N) is 3. The van der Waals surface area contributed by atoms with Crippen LogP contribution in [-0.4, -0.2) is 44.9 Å². The Hall–Kier alpha value is -2.76. The monoisotopic (exact) mass is 381 g/mol. The minimum absolute atomic E-state index is 0.156. The van der Waals surface area contributed by atoms with Crippen LogP contribution in [0.5, 0.6) is 0 Å². The van der Waals surface area contributed by atoms with Crippen LogP contribution in [0.3, 0.4) is 0 Å². The molecule has 0 saturated carbocycles. The molecule has 0 aliphatic carbocycles. The van der Waals surface area contributed by atoms with Crippen LogP contribution >= 0.6 is 0 Å². The van der Waals surface area contributed by atoms with Gasteiger partial charge in [0.25, 0.3) is 0 Å². The summed E-state index contributed by atoms with van der Waals surface area (Å²) in [6.45, 7) is 9.12. The van der Waals surface area contributed by atoms with Crippen molar-refractivity contribution in [1.82, 2.24) is 14.9 Å². The average Bonchev–Trinajstić information content (AvgIpc) is 2.66. The molecule has 1 saturated heterocycles. The molecule has 1 amide bonds. The van der Waals surface area contributed by atoms with E-state index in [1.165, 1.54) is 0 Å². The molecule has 1 unspecified atom stereocenters. The Labute approximate surface area is 165 Å². The maximum atomic E-state index is 12.7. The van der Waals surface area contributed by atoms with Crippen molar-refractivity contribution < 1.29 is 14.7 Å². The van der Waals surface area contributed by atoms with E-state index in [0.717, 1.165) is 30.6 Å². The van der Waals surface area contributed by atoms with Gasteiger partial charge >= 0.3 is 5.97 Å². The van der Waals surface area contributed by atoms with Gasteiger partial charge in [0, 0.05) is 35.7 Å². The van der Waals surface area contributed by atoms with Gasteiger partial charge in [-0.2, -0.15) is 0 Å². The van der Waals surface area contributed by atoms with Gasteiger partial charge in [0.1, 0.15) is 5.82 Å². The van der Waals surface area contributed by atoms with Crippen LogP contribution in [0.2, 0.25) is 0 Å². The average molecular weight is 381 g/mol. The lowest BCUT2D eigenvalue weighted by Crippen LogP contribution is -2.44. The molecular formula is C22H27N3O3. The Kier molecular flexibility index (Phi) is 5.49. The van der Waals surface area contributed by atoms with Crippen molar-refractivity contribution in [3.8, 4) is 11.3 Å². The summed E-state index contributed by atoms with van der Waals surface area (Å²) in [6, 6.07) is 8.71. The van der Waals surface area contributed by atoms with Gasteiger partial charge in [-0.25, -0.2) is 14.8 Å². The van der Waals surface area contributed by atoms with Crippen molar-refractivity contribution in [3.63, 3.8) is 0 Å². The standard InChI is InChI=1S/C22H27N3O3/c1-14-23-18(15-7-5-8-16(11-15)20(26)27)12-19(24-14)17-9-6-10-25(13-17)21(28)22(2,3)4/h5,7-8,11-12,17H,6,9-10,13H2,1-4H3,(H,26,27). The zero-order valence-corrected chi connectivity index (χ0v) is 16.9. The fourth-order valence-corrected chi connectivity index (χ4v) is 3.64. The first-order chi connectivity index (χ1) is 13.1. The number of carbonyl (C=O) groups is 2. The Bertz CT molecular complexity index is 902. The summed E-state index contributed by atoms with van der Waals surface area (Å²) in [5, 5.41) is 9.25. The minimum Gasteiger partial charge on any atom is -0.478 e. The highest BCUT2D eigenvalue weighted by Crippen LogP contribution is 2.30. The first kappa shape index (κ1) is 20.0. The van der Waals surface area contributed by atoms with Gasteiger partial charge in [0.15, 0.2) is 0 Å². The maximum absolute atomic E-state index is 12.7. The smallest absolute Gasteiger partial charge is 0.335 e. The van der Waals surface area contributed by atoms with Gasteiger partial charge in [-0.05, 0) is 38.0 Å². The Morgan fingerprint density at radius 3 is 2.61 bits per heavy atom. The Morgan fingerprint density at radius 2 is 1.93 bits per heavy atom. The fraction of sp³-hybridized carbons (Fsp3) is 0.455. The number of carboxylic acids is 1. The van der Waals surface area contributed by atoms with Crippen molar-refractivity contribution >= 4 is 11.9 Å². The summed E-state index contributed by atoms with van der Waals surface area (Å²) < 4.78 is 0. The number of carboxylic acid groups (broad SMARTS) is 1. The molecule has 2 aromatic rings. The number of rotatable bonds is 3. The van der Waals surface area contributed by atoms with Gasteiger partial charge in [-0.1, -0.05) is 32.9 Å². The first-order valence-corrected chi connectivity index (χ1v) is 9.64. The van der Waals surface area contributed by atoms with E-state index in [-0.39, 0.29) is 17.4 Å². The van der Waals surface area contributed by atoms with Gasteiger partial charge < -0.3 is 10.0 Å². The minimum atomic E-state index is -0.962. The molecule has 0 radical (unpaired) electrons. The molecule has 2 heterocycles. The lowest BCUT2D eigenvalue weighted by molar-refractivity contribution is -0.140. The summed E-state index contributed by atoms with van der Waals surface area (Å²) >= 11 is 0. The van der Waals surface area contributed by atoms with Crippen molar-refractivity contribution in [2.24, 2.45) is 5.41 Å². The molecule has 1 aliphatic heterocycles. The third-order valence-corrected chi connectivity index (χ3v) is 5.03. The summed E-state index contributed by atoms with van der Waals surface area (Å²) in [4.78, 5) is 35.0. The number of amides is 1. The van der Waals surface area contributed by atoms with Crippen molar-refractivity contribution in [2.75, 3.05) is 13.1 Å². The summed E-state index contributed by atoms with van der Waals surface area (Å²) in [6.07, 6.45) is 1.92. The third-order valence-electron chi connectivity index (χ3n) is 5.03. The summed E-state index contributed by atoms with van der Waals surface area (Å²) in [7, 11) is 0. The Morgan fingerprint density at radius 1 is 1.18 bits per heavy atom. The van der Waals surface area contributed by atoms with Gasteiger partial charge in [0.05, 0.1) is 11.3 Å². The number of hydrogen-bond acceptors (Lipinski definition) is 4.